The second-order valence-corrected chi connectivity index (χ2v) is 7.58. The van der Waals surface area contributed by atoms with Gasteiger partial charge in [0, 0.05) is 11.6 Å². The summed E-state index contributed by atoms with van der Waals surface area (Å²) < 4.78 is 33.5. The number of fused-ring (bicyclic) bond motifs is 1. The lowest BCUT2D eigenvalue weighted by Crippen LogP contribution is -2.61. The van der Waals surface area contributed by atoms with Gasteiger partial charge in [0.05, 0.1) is 30.3 Å². The van der Waals surface area contributed by atoms with Gasteiger partial charge in [0.15, 0.2) is 6.20 Å². The highest BCUT2D eigenvalue weighted by Crippen LogP contribution is 2.40. The number of allylic oxidation sites excluding steroid dienone is 1. The molecule has 152 valence electrons. The summed E-state index contributed by atoms with van der Waals surface area (Å²) in [5, 5.41) is 2.31. The molecule has 5 rings (SSSR count). The molecule has 1 saturated carbocycles. The van der Waals surface area contributed by atoms with E-state index in [1.165, 1.54) is 6.42 Å². The summed E-state index contributed by atoms with van der Waals surface area (Å²) in [5.74, 6) is -0.375. The van der Waals surface area contributed by atoms with Crippen LogP contribution in [0.25, 0.3) is 0 Å². The number of nitrogens with zero attached hydrogens (tertiary/aromatic N) is 4. The number of halogens is 2. The van der Waals surface area contributed by atoms with Gasteiger partial charge in [-0.1, -0.05) is 6.07 Å². The molecule has 0 amide bonds. The Labute approximate surface area is 173 Å². The standard InChI is InChI=1S/C23H21F2N4O/c24-18-7-8-23(25)17(11-18)15-30-22-6-2-5-20(12-22)28(19-3-1-4-19)29-10-9-26-13-21(29)14-27-16-29/h2,5-14,16,19H,1,3-4,15H2/q+1. The second kappa shape index (κ2) is 7.50. The van der Waals surface area contributed by atoms with E-state index in [4.69, 9.17) is 4.74 Å². The van der Waals surface area contributed by atoms with Crippen molar-refractivity contribution in [1.82, 2.24) is 0 Å². The summed E-state index contributed by atoms with van der Waals surface area (Å²) in [5.41, 5.74) is 2.12. The minimum absolute atomic E-state index is 0.0460. The van der Waals surface area contributed by atoms with Crippen LogP contribution in [0.5, 0.6) is 5.75 Å². The molecule has 1 unspecified atom stereocenters. The van der Waals surface area contributed by atoms with Crippen molar-refractivity contribution < 1.29 is 18.1 Å². The number of hydrogen-bond acceptors (Lipinski definition) is 4. The second-order valence-electron chi connectivity index (χ2n) is 7.58. The summed E-state index contributed by atoms with van der Waals surface area (Å²) in [6.45, 7) is -0.0460. The SMILES string of the molecule is Fc1ccc(F)c(COc2cccc(N(C3CCC3)[N+]34C=CN=CC3=CN=C4)c2)c1. The number of anilines is 1. The van der Waals surface area contributed by atoms with Crippen molar-refractivity contribution >= 4 is 18.2 Å². The van der Waals surface area contributed by atoms with Gasteiger partial charge in [-0.2, -0.15) is 0 Å². The highest BCUT2D eigenvalue weighted by molar-refractivity contribution is 5.82. The van der Waals surface area contributed by atoms with Gasteiger partial charge in [0.1, 0.15) is 24.0 Å². The van der Waals surface area contributed by atoms with Crippen LogP contribution < -0.4 is 9.75 Å². The third kappa shape index (κ3) is 3.21. The molecular formula is C23H21F2N4O+. The van der Waals surface area contributed by atoms with Gasteiger partial charge in [0.25, 0.3) is 0 Å². The van der Waals surface area contributed by atoms with Crippen molar-refractivity contribution in [2.75, 3.05) is 5.01 Å². The molecule has 2 aromatic rings. The van der Waals surface area contributed by atoms with E-state index in [1.54, 1.807) is 6.20 Å². The third-order valence-electron chi connectivity index (χ3n) is 5.71. The third-order valence-corrected chi connectivity index (χ3v) is 5.71. The number of rotatable bonds is 6. The van der Waals surface area contributed by atoms with Crippen molar-refractivity contribution in [2.24, 2.45) is 9.98 Å². The first-order chi connectivity index (χ1) is 14.7. The number of ether oxygens (including phenoxy) is 1. The van der Waals surface area contributed by atoms with Gasteiger partial charge in [-0.3, -0.25) is 4.99 Å². The van der Waals surface area contributed by atoms with E-state index in [2.05, 4.69) is 15.0 Å². The highest BCUT2D eigenvalue weighted by atomic mass is 19.1. The zero-order valence-corrected chi connectivity index (χ0v) is 16.3. The van der Waals surface area contributed by atoms with Crippen LogP contribution in [0.1, 0.15) is 24.8 Å². The average Bonchev–Trinajstić information content (AvgIpc) is 3.16. The summed E-state index contributed by atoms with van der Waals surface area (Å²) in [4.78, 5) is 8.65. The summed E-state index contributed by atoms with van der Waals surface area (Å²) >= 11 is 0. The Morgan fingerprint density at radius 2 is 2.00 bits per heavy atom. The first-order valence-electron chi connectivity index (χ1n) is 9.97. The molecule has 2 heterocycles. The number of quaternary nitrogens is 1. The fourth-order valence-corrected chi connectivity index (χ4v) is 3.97. The molecule has 30 heavy (non-hydrogen) atoms. The number of hydrogen-bond donors (Lipinski definition) is 0. The zero-order chi connectivity index (χ0) is 20.6. The zero-order valence-electron chi connectivity index (χ0n) is 16.3. The minimum atomic E-state index is -0.484. The number of aliphatic imine (C=N–C) groups is 2. The maximum Gasteiger partial charge on any atom is 0.225 e. The molecule has 0 radical (unpaired) electrons. The first kappa shape index (κ1) is 18.7. The van der Waals surface area contributed by atoms with E-state index in [1.807, 2.05) is 49.2 Å². The lowest BCUT2D eigenvalue weighted by molar-refractivity contribution is -0.746. The smallest absolute Gasteiger partial charge is 0.225 e. The van der Waals surface area contributed by atoms with Gasteiger partial charge in [-0.05, 0) is 49.6 Å². The molecule has 0 spiro atoms. The molecule has 0 aromatic heterocycles. The molecule has 1 aliphatic carbocycles. The normalized spacial score (nSPS) is 21.9. The Bertz CT molecular complexity index is 1090. The molecule has 5 nitrogen and oxygen atoms in total. The lowest BCUT2D eigenvalue weighted by Gasteiger charge is -2.46. The van der Waals surface area contributed by atoms with Gasteiger partial charge in [0.2, 0.25) is 12.0 Å². The molecule has 1 atom stereocenters. The topological polar surface area (TPSA) is 37.2 Å². The van der Waals surface area contributed by atoms with Crippen LogP contribution in [-0.2, 0) is 6.61 Å². The van der Waals surface area contributed by atoms with Crippen LogP contribution in [0.3, 0.4) is 0 Å². The minimum Gasteiger partial charge on any atom is -0.489 e. The van der Waals surface area contributed by atoms with Gasteiger partial charge in [-0.25, -0.2) is 18.8 Å². The monoisotopic (exact) mass is 407 g/mol. The van der Waals surface area contributed by atoms with Crippen molar-refractivity contribution in [3.05, 3.63) is 84.0 Å². The van der Waals surface area contributed by atoms with Gasteiger partial charge in [-0.15, -0.1) is 4.59 Å². The molecule has 3 aliphatic rings. The summed E-state index contributed by atoms with van der Waals surface area (Å²) in [6.07, 6.45) is 12.7. The average molecular weight is 407 g/mol. The fraction of sp³-hybridized carbons (Fsp3) is 0.217. The molecule has 7 heteroatoms. The van der Waals surface area contributed by atoms with Crippen LogP contribution in [0, 0.1) is 11.6 Å². The Morgan fingerprint density at radius 3 is 2.83 bits per heavy atom. The molecule has 1 fully saturated rings. The van der Waals surface area contributed by atoms with E-state index in [9.17, 15) is 8.78 Å². The van der Waals surface area contributed by atoms with Crippen LogP contribution in [-0.4, -0.2) is 23.2 Å². The predicted octanol–water partition coefficient (Wildman–Crippen LogP) is 5.07. The van der Waals surface area contributed by atoms with Crippen molar-refractivity contribution in [3.8, 4) is 5.75 Å². The molecular weight excluding hydrogens is 386 g/mol. The Morgan fingerprint density at radius 1 is 1.10 bits per heavy atom. The van der Waals surface area contributed by atoms with Crippen molar-refractivity contribution in [3.63, 3.8) is 0 Å². The first-order valence-corrected chi connectivity index (χ1v) is 9.97. The van der Waals surface area contributed by atoms with Crippen molar-refractivity contribution in [1.29, 1.82) is 0 Å². The number of benzene rings is 2. The molecule has 2 aliphatic heterocycles. The summed E-state index contributed by atoms with van der Waals surface area (Å²) in [6, 6.07) is 11.4. The van der Waals surface area contributed by atoms with Crippen LogP contribution in [0.4, 0.5) is 14.5 Å². The summed E-state index contributed by atoms with van der Waals surface area (Å²) in [7, 11) is 0. The van der Waals surface area contributed by atoms with E-state index < -0.39 is 11.6 Å². The Balaban J connectivity index is 1.44. The largest absolute Gasteiger partial charge is 0.489 e. The lowest BCUT2D eigenvalue weighted by atomic mass is 9.91. The van der Waals surface area contributed by atoms with E-state index >= 15 is 0 Å². The van der Waals surface area contributed by atoms with Crippen LogP contribution in [0.15, 0.2) is 76.7 Å². The van der Waals surface area contributed by atoms with E-state index in [-0.39, 0.29) is 12.2 Å². The van der Waals surface area contributed by atoms with E-state index in [0.29, 0.717) is 16.4 Å². The molecule has 0 N–H and O–H groups in total. The fourth-order valence-electron chi connectivity index (χ4n) is 3.97. The molecule has 0 saturated heterocycles. The van der Waals surface area contributed by atoms with Crippen LogP contribution >= 0.6 is 0 Å². The quantitative estimate of drug-likeness (QED) is 0.627. The van der Waals surface area contributed by atoms with Crippen LogP contribution in [0.2, 0.25) is 0 Å². The highest BCUT2D eigenvalue weighted by Gasteiger charge is 2.46. The van der Waals surface area contributed by atoms with Gasteiger partial charge >= 0.3 is 0 Å². The Kier molecular flexibility index (Phi) is 4.67. The maximum atomic E-state index is 13.9. The van der Waals surface area contributed by atoms with Gasteiger partial charge < -0.3 is 4.74 Å². The maximum absolute atomic E-state index is 13.9. The Hall–Kier alpha value is -3.32. The van der Waals surface area contributed by atoms with E-state index in [0.717, 1.165) is 42.4 Å². The van der Waals surface area contributed by atoms with Crippen molar-refractivity contribution in [2.45, 2.75) is 31.9 Å². The predicted molar refractivity (Wildman–Crippen MR) is 112 cm³/mol. The molecule has 2 aromatic carbocycles. The molecule has 0 bridgehead atoms.